The number of carbonyl (C=O) groups is 1. The number of Topliss-reactive ketones (excluding diaryl/α,β-unsaturated/α-hetero) is 1. The zero-order chi connectivity index (χ0) is 25.9. The average Bonchev–Trinajstić information content (AvgIpc) is 2.91. The summed E-state index contributed by atoms with van der Waals surface area (Å²) in [4.78, 5) is 39.0. The van der Waals surface area contributed by atoms with E-state index in [1.54, 1.807) is 55.6 Å². The Kier molecular flexibility index (Phi) is 6.42. The van der Waals surface area contributed by atoms with Gasteiger partial charge < -0.3 is 9.47 Å². The minimum atomic E-state index is -0.503. The molecule has 0 aliphatic rings. The van der Waals surface area contributed by atoms with Crippen molar-refractivity contribution in [2.75, 3.05) is 7.11 Å². The molecule has 0 bridgehead atoms. The van der Waals surface area contributed by atoms with E-state index in [9.17, 15) is 14.0 Å². The van der Waals surface area contributed by atoms with Gasteiger partial charge in [0.1, 0.15) is 28.5 Å². The molecule has 0 saturated heterocycles. The fraction of sp³-hybridized carbons (Fsp3) is 0.107. The Morgan fingerprint density at radius 3 is 2.46 bits per heavy atom. The monoisotopic (exact) mass is 496 g/mol. The average molecular weight is 496 g/mol. The molecule has 37 heavy (non-hydrogen) atoms. The number of hydrogen-bond donors (Lipinski definition) is 0. The lowest BCUT2D eigenvalue weighted by Crippen LogP contribution is -2.28. The van der Waals surface area contributed by atoms with Crippen molar-refractivity contribution in [1.29, 1.82) is 0 Å². The van der Waals surface area contributed by atoms with Crippen LogP contribution in [0.2, 0.25) is 0 Å². The second-order valence-electron chi connectivity index (χ2n) is 8.21. The van der Waals surface area contributed by atoms with Crippen molar-refractivity contribution in [2.24, 2.45) is 0 Å². The van der Waals surface area contributed by atoms with Crippen molar-refractivity contribution in [2.45, 2.75) is 13.3 Å². The second kappa shape index (κ2) is 9.98. The van der Waals surface area contributed by atoms with E-state index in [0.717, 1.165) is 0 Å². The molecule has 0 aliphatic heterocycles. The third-order valence-corrected chi connectivity index (χ3v) is 5.77. The Labute approximate surface area is 211 Å². The smallest absolute Gasteiger partial charge is 0.268 e. The largest absolute Gasteiger partial charge is 0.481 e. The van der Waals surface area contributed by atoms with Gasteiger partial charge in [0.05, 0.1) is 18.3 Å². The molecule has 0 atom stereocenters. The van der Waals surface area contributed by atoms with Crippen LogP contribution in [0.1, 0.15) is 21.7 Å². The molecule has 184 valence electrons. The van der Waals surface area contributed by atoms with Gasteiger partial charge in [0, 0.05) is 30.9 Å². The summed E-state index contributed by atoms with van der Waals surface area (Å²) in [7, 11) is 1.54. The molecule has 0 N–H and O–H groups in total. The van der Waals surface area contributed by atoms with Crippen molar-refractivity contribution in [3.63, 3.8) is 0 Å². The number of hydrogen-bond acceptors (Lipinski definition) is 7. The van der Waals surface area contributed by atoms with Crippen LogP contribution < -0.4 is 15.0 Å². The first-order valence-electron chi connectivity index (χ1n) is 11.4. The van der Waals surface area contributed by atoms with Crippen molar-refractivity contribution in [1.82, 2.24) is 19.5 Å². The number of carbonyl (C=O) groups excluding carboxylic acids is 1. The van der Waals surface area contributed by atoms with E-state index in [0.29, 0.717) is 45.5 Å². The van der Waals surface area contributed by atoms with Gasteiger partial charge in [0.25, 0.3) is 5.56 Å². The number of nitrogens with zero attached hydrogens (tertiary/aromatic N) is 4. The molecule has 3 heterocycles. The van der Waals surface area contributed by atoms with E-state index < -0.39 is 11.4 Å². The van der Waals surface area contributed by atoms with Crippen LogP contribution in [-0.2, 0) is 6.42 Å². The molecule has 0 radical (unpaired) electrons. The van der Waals surface area contributed by atoms with Gasteiger partial charge in [-0.15, -0.1) is 0 Å². The van der Waals surface area contributed by atoms with Crippen molar-refractivity contribution in [3.8, 4) is 23.1 Å². The van der Waals surface area contributed by atoms with Gasteiger partial charge in [-0.05, 0) is 55.0 Å². The van der Waals surface area contributed by atoms with Gasteiger partial charge in [-0.25, -0.2) is 14.4 Å². The first-order chi connectivity index (χ1) is 17.9. The zero-order valence-electron chi connectivity index (χ0n) is 20.0. The van der Waals surface area contributed by atoms with Crippen molar-refractivity contribution < 1.29 is 18.7 Å². The summed E-state index contributed by atoms with van der Waals surface area (Å²) in [6, 6.07) is 17.7. The van der Waals surface area contributed by atoms with Crippen molar-refractivity contribution >= 4 is 16.8 Å². The number of benzene rings is 2. The minimum absolute atomic E-state index is 0.000616. The van der Waals surface area contributed by atoms with Crippen LogP contribution in [0.15, 0.2) is 83.9 Å². The van der Waals surface area contributed by atoms with Gasteiger partial charge >= 0.3 is 0 Å². The molecule has 0 saturated carbocycles. The van der Waals surface area contributed by atoms with E-state index in [4.69, 9.17) is 9.47 Å². The number of rotatable bonds is 7. The van der Waals surface area contributed by atoms with E-state index in [2.05, 4.69) is 15.0 Å². The van der Waals surface area contributed by atoms with E-state index >= 15 is 0 Å². The molecule has 0 fully saturated rings. The number of aryl methyl sites for hydroxylation is 1. The van der Waals surface area contributed by atoms with E-state index in [-0.39, 0.29) is 17.8 Å². The molecule has 0 spiro atoms. The summed E-state index contributed by atoms with van der Waals surface area (Å²) in [5.41, 5.74) is 1.81. The maximum Gasteiger partial charge on any atom is 0.268 e. The molecule has 9 heteroatoms. The molecular weight excluding hydrogens is 475 g/mol. The molecule has 3 aromatic heterocycles. The quantitative estimate of drug-likeness (QED) is 0.297. The van der Waals surface area contributed by atoms with Gasteiger partial charge in [0.15, 0.2) is 11.5 Å². The Morgan fingerprint density at radius 2 is 1.73 bits per heavy atom. The number of fused-ring (bicyclic) bond motifs is 1. The Bertz CT molecular complexity index is 1670. The molecule has 8 nitrogen and oxygen atoms in total. The predicted octanol–water partition coefficient (Wildman–Crippen LogP) is 4.85. The van der Waals surface area contributed by atoms with Crippen LogP contribution in [-0.4, -0.2) is 32.4 Å². The Morgan fingerprint density at radius 1 is 0.973 bits per heavy atom. The highest BCUT2D eigenvalue weighted by Crippen LogP contribution is 2.29. The van der Waals surface area contributed by atoms with Crippen LogP contribution in [0.25, 0.3) is 16.7 Å². The topological polar surface area (TPSA) is 96.2 Å². The van der Waals surface area contributed by atoms with Crippen LogP contribution in [0.3, 0.4) is 0 Å². The van der Waals surface area contributed by atoms with Crippen LogP contribution in [0, 0.1) is 12.7 Å². The number of methoxy groups -OCH3 is 1. The first-order valence-corrected chi connectivity index (χ1v) is 11.4. The number of pyridine rings is 2. The molecular formula is C28H21FN4O4. The molecule has 5 rings (SSSR count). The predicted molar refractivity (Wildman–Crippen MR) is 135 cm³/mol. The van der Waals surface area contributed by atoms with Crippen LogP contribution >= 0.6 is 0 Å². The molecule has 0 unspecified atom stereocenters. The third kappa shape index (κ3) is 4.92. The summed E-state index contributed by atoms with van der Waals surface area (Å²) in [6.07, 6.45) is 2.92. The van der Waals surface area contributed by atoms with E-state index in [1.165, 1.54) is 42.1 Å². The van der Waals surface area contributed by atoms with Gasteiger partial charge in [-0.2, -0.15) is 0 Å². The summed E-state index contributed by atoms with van der Waals surface area (Å²) in [5, 5.41) is 0. The maximum atomic E-state index is 13.3. The minimum Gasteiger partial charge on any atom is -0.481 e. The summed E-state index contributed by atoms with van der Waals surface area (Å²) < 4.78 is 25.8. The molecule has 0 amide bonds. The Hall–Kier alpha value is -4.92. The number of ether oxygens (including phenoxy) is 2. The second-order valence-corrected chi connectivity index (χ2v) is 8.21. The standard InChI is InChI=1S/C28H21FN4O4/c1-17-31-16-22(28(35)33(17)20-7-5-19(29)6-8-20)24(34)15-18-3-9-21(10-4-18)37-25-13-14-30-23-11-12-26(36-2)32-27(23)25/h3-14,16H,15H2,1-2H3. The van der Waals surface area contributed by atoms with Gasteiger partial charge in [-0.3, -0.25) is 19.1 Å². The van der Waals surface area contributed by atoms with Crippen LogP contribution in [0.4, 0.5) is 4.39 Å². The lowest BCUT2D eigenvalue weighted by Gasteiger charge is -2.11. The first kappa shape index (κ1) is 23.8. The van der Waals surface area contributed by atoms with Gasteiger partial charge in [0.2, 0.25) is 5.88 Å². The lowest BCUT2D eigenvalue weighted by molar-refractivity contribution is 0.0990. The van der Waals surface area contributed by atoms with E-state index in [1.807, 2.05) is 0 Å². The fourth-order valence-electron chi connectivity index (χ4n) is 3.89. The Balaban J connectivity index is 1.35. The van der Waals surface area contributed by atoms with Gasteiger partial charge in [-0.1, -0.05) is 12.1 Å². The van der Waals surface area contributed by atoms with Crippen molar-refractivity contribution in [3.05, 3.63) is 112 Å². The summed E-state index contributed by atoms with van der Waals surface area (Å²) in [6.45, 7) is 1.65. The third-order valence-electron chi connectivity index (χ3n) is 5.77. The summed E-state index contributed by atoms with van der Waals surface area (Å²) >= 11 is 0. The highest BCUT2D eigenvalue weighted by molar-refractivity contribution is 5.97. The number of ketones is 1. The normalized spacial score (nSPS) is 10.9. The van der Waals surface area contributed by atoms with Crippen LogP contribution in [0.5, 0.6) is 17.4 Å². The molecule has 2 aromatic carbocycles. The highest BCUT2D eigenvalue weighted by Gasteiger charge is 2.17. The number of halogens is 1. The molecule has 5 aromatic rings. The fourth-order valence-corrected chi connectivity index (χ4v) is 3.89. The summed E-state index contributed by atoms with van der Waals surface area (Å²) in [5.74, 6) is 1.10. The number of aromatic nitrogens is 4. The lowest BCUT2D eigenvalue weighted by atomic mass is 10.0. The molecule has 0 aliphatic carbocycles. The highest BCUT2D eigenvalue weighted by atomic mass is 19.1. The maximum absolute atomic E-state index is 13.3. The zero-order valence-corrected chi connectivity index (χ0v) is 20.0. The SMILES string of the molecule is COc1ccc2nccc(Oc3ccc(CC(=O)c4cnc(C)n(-c5ccc(F)cc5)c4=O)cc3)c2n1.